The molecule has 0 bridgehead atoms. The van der Waals surface area contributed by atoms with Crippen LogP contribution in [0.15, 0.2) is 67.0 Å². The number of carbonyl (C=O) groups excluding carboxylic acids is 2. The second kappa shape index (κ2) is 8.48. The van der Waals surface area contributed by atoms with Gasteiger partial charge in [0.1, 0.15) is 11.4 Å². The molecule has 0 fully saturated rings. The predicted molar refractivity (Wildman–Crippen MR) is 95.1 cm³/mol. The van der Waals surface area contributed by atoms with Crippen molar-refractivity contribution in [3.63, 3.8) is 0 Å². The number of carbonyl (C=O) groups is 2. The molecule has 0 aromatic carbocycles. The molecule has 0 aliphatic carbocycles. The minimum Gasteiger partial charge on any atom is -0.345 e. The molecule has 0 saturated heterocycles. The first-order valence-corrected chi connectivity index (χ1v) is 8.05. The smallest absolute Gasteiger partial charge is 0.270 e. The van der Waals surface area contributed by atoms with Crippen molar-refractivity contribution >= 4 is 11.8 Å². The molecule has 7 nitrogen and oxygen atoms in total. The van der Waals surface area contributed by atoms with Crippen LogP contribution in [-0.4, -0.2) is 26.8 Å². The molecule has 0 unspecified atom stereocenters. The highest BCUT2D eigenvalue weighted by molar-refractivity contribution is 5.92. The molecule has 2 N–H and O–H groups in total. The Morgan fingerprint density at radius 2 is 1.19 bits per heavy atom. The van der Waals surface area contributed by atoms with Crippen molar-refractivity contribution in [3.8, 4) is 0 Å². The van der Waals surface area contributed by atoms with Gasteiger partial charge in [-0.25, -0.2) is 0 Å². The summed E-state index contributed by atoms with van der Waals surface area (Å²) in [7, 11) is 0. The largest absolute Gasteiger partial charge is 0.345 e. The van der Waals surface area contributed by atoms with Crippen LogP contribution in [-0.2, 0) is 13.1 Å². The van der Waals surface area contributed by atoms with Crippen LogP contribution in [0.1, 0.15) is 32.4 Å². The molecule has 0 aliphatic rings. The Bertz CT molecular complexity index is 814. The van der Waals surface area contributed by atoms with Crippen LogP contribution in [0.2, 0.25) is 0 Å². The van der Waals surface area contributed by atoms with E-state index in [0.717, 1.165) is 0 Å². The van der Waals surface area contributed by atoms with Crippen LogP contribution in [0.5, 0.6) is 0 Å². The fourth-order valence-corrected chi connectivity index (χ4v) is 2.24. The summed E-state index contributed by atoms with van der Waals surface area (Å²) >= 11 is 0. The van der Waals surface area contributed by atoms with E-state index in [4.69, 9.17) is 0 Å². The van der Waals surface area contributed by atoms with Crippen molar-refractivity contribution < 1.29 is 9.59 Å². The molecule has 3 aromatic heterocycles. The first-order chi connectivity index (χ1) is 12.7. The van der Waals surface area contributed by atoms with E-state index in [2.05, 4.69) is 25.6 Å². The first-order valence-electron chi connectivity index (χ1n) is 8.05. The summed E-state index contributed by atoms with van der Waals surface area (Å²) < 4.78 is 0. The van der Waals surface area contributed by atoms with Gasteiger partial charge in [-0.15, -0.1) is 0 Å². The van der Waals surface area contributed by atoms with Crippen molar-refractivity contribution in [1.29, 1.82) is 0 Å². The molecule has 3 rings (SSSR count). The van der Waals surface area contributed by atoms with Crippen LogP contribution in [0.25, 0.3) is 0 Å². The van der Waals surface area contributed by atoms with E-state index < -0.39 is 0 Å². The minimum atomic E-state index is -0.263. The molecule has 0 atom stereocenters. The van der Waals surface area contributed by atoms with E-state index in [9.17, 15) is 9.59 Å². The Kier molecular flexibility index (Phi) is 5.61. The maximum absolute atomic E-state index is 12.0. The number of nitrogens with one attached hydrogen (secondary N) is 2. The van der Waals surface area contributed by atoms with E-state index in [0.29, 0.717) is 22.8 Å². The number of pyridine rings is 3. The summed E-state index contributed by atoms with van der Waals surface area (Å²) in [5.74, 6) is -0.525. The van der Waals surface area contributed by atoms with Crippen molar-refractivity contribution in [2.45, 2.75) is 13.1 Å². The number of aromatic nitrogens is 3. The zero-order valence-electron chi connectivity index (χ0n) is 13.9. The fourth-order valence-electron chi connectivity index (χ4n) is 2.24. The van der Waals surface area contributed by atoms with Crippen molar-refractivity contribution in [1.82, 2.24) is 25.6 Å². The number of rotatable bonds is 6. The molecule has 26 heavy (non-hydrogen) atoms. The lowest BCUT2D eigenvalue weighted by molar-refractivity contribution is 0.0938. The quantitative estimate of drug-likeness (QED) is 0.708. The van der Waals surface area contributed by atoms with Gasteiger partial charge in [0.2, 0.25) is 0 Å². The van der Waals surface area contributed by atoms with Gasteiger partial charge in [0.15, 0.2) is 0 Å². The maximum Gasteiger partial charge on any atom is 0.270 e. The summed E-state index contributed by atoms with van der Waals surface area (Å²) in [6, 6.07) is 15.7. The molecule has 130 valence electrons. The Hall–Kier alpha value is -3.61. The van der Waals surface area contributed by atoms with Gasteiger partial charge in [-0.3, -0.25) is 24.5 Å². The Balaban J connectivity index is 1.55. The van der Waals surface area contributed by atoms with E-state index in [-0.39, 0.29) is 24.9 Å². The molecule has 0 radical (unpaired) electrons. The highest BCUT2D eigenvalue weighted by Crippen LogP contribution is 2.02. The van der Waals surface area contributed by atoms with E-state index >= 15 is 0 Å². The third-order valence-electron chi connectivity index (χ3n) is 3.52. The van der Waals surface area contributed by atoms with Crippen LogP contribution >= 0.6 is 0 Å². The molecule has 7 heteroatoms. The topological polar surface area (TPSA) is 96.9 Å². The number of amides is 2. The lowest BCUT2D eigenvalue weighted by Crippen LogP contribution is -2.26. The van der Waals surface area contributed by atoms with Gasteiger partial charge in [0, 0.05) is 12.4 Å². The molecule has 2 amide bonds. The molecule has 0 saturated carbocycles. The van der Waals surface area contributed by atoms with Crippen LogP contribution in [0, 0.1) is 0 Å². The zero-order valence-corrected chi connectivity index (χ0v) is 13.9. The monoisotopic (exact) mass is 347 g/mol. The van der Waals surface area contributed by atoms with E-state index in [1.54, 1.807) is 48.8 Å². The molecule has 3 aromatic rings. The minimum absolute atomic E-state index is 0.263. The Morgan fingerprint density at radius 3 is 1.62 bits per heavy atom. The molecule has 3 heterocycles. The summed E-state index contributed by atoms with van der Waals surface area (Å²) in [6.45, 7) is 0.550. The average molecular weight is 347 g/mol. The van der Waals surface area contributed by atoms with Crippen molar-refractivity contribution in [3.05, 3.63) is 89.8 Å². The van der Waals surface area contributed by atoms with Crippen LogP contribution in [0.3, 0.4) is 0 Å². The lowest BCUT2D eigenvalue weighted by Gasteiger charge is -2.07. The standard InChI is InChI=1S/C19H17N5O2/c25-18(16-8-1-3-10-20-16)22-12-14-6-5-7-15(24-14)13-23-19(26)17-9-2-4-11-21-17/h1-11H,12-13H2,(H,22,25)(H,23,26). The SMILES string of the molecule is O=C(NCc1cccc(CNC(=O)c2ccccn2)n1)c1ccccn1. The number of hydrogen-bond donors (Lipinski definition) is 2. The summed E-state index contributed by atoms with van der Waals surface area (Å²) in [6.07, 6.45) is 3.14. The Morgan fingerprint density at radius 1 is 0.692 bits per heavy atom. The van der Waals surface area contributed by atoms with Gasteiger partial charge in [-0.1, -0.05) is 18.2 Å². The maximum atomic E-state index is 12.0. The summed E-state index contributed by atoms with van der Waals surface area (Å²) in [5.41, 5.74) is 2.09. The average Bonchev–Trinajstić information content (AvgIpc) is 2.72. The van der Waals surface area contributed by atoms with E-state index in [1.165, 1.54) is 0 Å². The third kappa shape index (κ3) is 4.70. The molecule has 0 spiro atoms. The van der Waals surface area contributed by atoms with Gasteiger partial charge in [0.25, 0.3) is 11.8 Å². The van der Waals surface area contributed by atoms with Gasteiger partial charge in [-0.05, 0) is 36.4 Å². The highest BCUT2D eigenvalue weighted by atomic mass is 16.2. The first kappa shape index (κ1) is 17.2. The lowest BCUT2D eigenvalue weighted by atomic mass is 10.2. The van der Waals surface area contributed by atoms with Crippen molar-refractivity contribution in [2.75, 3.05) is 0 Å². The van der Waals surface area contributed by atoms with Crippen LogP contribution in [0.4, 0.5) is 0 Å². The highest BCUT2D eigenvalue weighted by Gasteiger charge is 2.08. The molecule has 0 aliphatic heterocycles. The predicted octanol–water partition coefficient (Wildman–Crippen LogP) is 1.73. The van der Waals surface area contributed by atoms with Gasteiger partial charge < -0.3 is 10.6 Å². The third-order valence-corrected chi connectivity index (χ3v) is 3.52. The summed E-state index contributed by atoms with van der Waals surface area (Å²) in [4.78, 5) is 36.5. The fraction of sp³-hybridized carbons (Fsp3) is 0.105. The number of nitrogens with zero attached hydrogens (tertiary/aromatic N) is 3. The normalized spacial score (nSPS) is 10.2. The zero-order chi connectivity index (χ0) is 18.2. The van der Waals surface area contributed by atoms with Gasteiger partial charge >= 0.3 is 0 Å². The molecular formula is C19H17N5O2. The van der Waals surface area contributed by atoms with Gasteiger partial charge in [0.05, 0.1) is 24.5 Å². The van der Waals surface area contributed by atoms with Crippen LogP contribution < -0.4 is 10.6 Å². The second-order valence-corrected chi connectivity index (χ2v) is 5.42. The number of hydrogen-bond acceptors (Lipinski definition) is 5. The molecular weight excluding hydrogens is 330 g/mol. The van der Waals surface area contributed by atoms with Crippen molar-refractivity contribution in [2.24, 2.45) is 0 Å². The Labute approximate surface area is 150 Å². The van der Waals surface area contributed by atoms with Gasteiger partial charge in [-0.2, -0.15) is 0 Å². The second-order valence-electron chi connectivity index (χ2n) is 5.42. The summed E-state index contributed by atoms with van der Waals surface area (Å²) in [5, 5.41) is 5.54. The van der Waals surface area contributed by atoms with E-state index in [1.807, 2.05) is 18.2 Å².